The number of carbonyl (C=O) groups is 1. The highest BCUT2D eigenvalue weighted by Gasteiger charge is 2.11. The van der Waals surface area contributed by atoms with Crippen molar-refractivity contribution in [2.75, 3.05) is 11.1 Å². The highest BCUT2D eigenvalue weighted by molar-refractivity contribution is 6.31. The van der Waals surface area contributed by atoms with E-state index in [9.17, 15) is 4.79 Å². The van der Waals surface area contributed by atoms with Gasteiger partial charge in [0.25, 0.3) is 0 Å². The number of nitrogens with two attached hydrogens (primary N) is 1. The molecule has 3 N–H and O–H groups in total. The Bertz CT molecular complexity index is 864. The fraction of sp³-hybridized carbons (Fsp3) is 0. The average molecular weight is 324 g/mol. The number of hydrogen-bond acceptors (Lipinski definition) is 4. The standard InChI is InChI=1S/C18H14ClN3O/c19-13-7-8-17(22-18-16(20)6-3-9-21-18)15(10-13)14-5-2-1-4-12(14)11-23/h1-11H,20H2,(H,21,22). The largest absolute Gasteiger partial charge is 0.396 e. The molecular weight excluding hydrogens is 310 g/mol. The second kappa shape index (κ2) is 6.50. The first-order valence-corrected chi connectivity index (χ1v) is 7.38. The van der Waals surface area contributed by atoms with Crippen LogP contribution in [-0.4, -0.2) is 11.3 Å². The Morgan fingerprint density at radius 3 is 2.65 bits per heavy atom. The molecular formula is C18H14ClN3O. The molecule has 23 heavy (non-hydrogen) atoms. The van der Waals surface area contributed by atoms with Gasteiger partial charge in [0.15, 0.2) is 12.1 Å². The number of carbonyl (C=O) groups excluding carboxylic acids is 1. The molecule has 5 heteroatoms. The molecule has 0 fully saturated rings. The first-order valence-electron chi connectivity index (χ1n) is 7.00. The molecule has 0 spiro atoms. The number of rotatable bonds is 4. The Hall–Kier alpha value is -2.85. The Kier molecular flexibility index (Phi) is 4.26. The van der Waals surface area contributed by atoms with Crippen molar-refractivity contribution in [3.8, 4) is 11.1 Å². The molecule has 0 aliphatic carbocycles. The van der Waals surface area contributed by atoms with Gasteiger partial charge in [-0.25, -0.2) is 4.98 Å². The third kappa shape index (κ3) is 3.17. The van der Waals surface area contributed by atoms with Gasteiger partial charge >= 0.3 is 0 Å². The number of aromatic nitrogens is 1. The van der Waals surface area contributed by atoms with Crippen LogP contribution < -0.4 is 11.1 Å². The van der Waals surface area contributed by atoms with Gasteiger partial charge in [0.05, 0.1) is 5.69 Å². The molecule has 0 aliphatic heterocycles. The molecule has 1 heterocycles. The van der Waals surface area contributed by atoms with Crippen molar-refractivity contribution in [1.82, 2.24) is 4.98 Å². The monoisotopic (exact) mass is 323 g/mol. The van der Waals surface area contributed by atoms with Crippen LogP contribution in [-0.2, 0) is 0 Å². The maximum atomic E-state index is 11.3. The van der Waals surface area contributed by atoms with E-state index in [4.69, 9.17) is 17.3 Å². The average Bonchev–Trinajstić information content (AvgIpc) is 2.58. The summed E-state index contributed by atoms with van der Waals surface area (Å²) in [6.07, 6.45) is 2.49. The summed E-state index contributed by atoms with van der Waals surface area (Å²) in [5.74, 6) is 0.555. The molecule has 0 saturated heterocycles. The van der Waals surface area contributed by atoms with E-state index < -0.39 is 0 Å². The molecule has 3 aromatic rings. The normalized spacial score (nSPS) is 10.3. The van der Waals surface area contributed by atoms with Gasteiger partial charge < -0.3 is 11.1 Å². The lowest BCUT2D eigenvalue weighted by Gasteiger charge is -2.14. The maximum absolute atomic E-state index is 11.3. The van der Waals surface area contributed by atoms with E-state index in [1.807, 2.05) is 30.3 Å². The molecule has 1 aromatic heterocycles. The van der Waals surface area contributed by atoms with Crippen LogP contribution in [0.2, 0.25) is 5.02 Å². The topological polar surface area (TPSA) is 68.0 Å². The van der Waals surface area contributed by atoms with E-state index >= 15 is 0 Å². The lowest BCUT2D eigenvalue weighted by atomic mass is 9.98. The van der Waals surface area contributed by atoms with Crippen molar-refractivity contribution in [2.45, 2.75) is 0 Å². The van der Waals surface area contributed by atoms with E-state index in [-0.39, 0.29) is 0 Å². The maximum Gasteiger partial charge on any atom is 0.153 e. The van der Waals surface area contributed by atoms with Crippen molar-refractivity contribution in [2.24, 2.45) is 0 Å². The molecule has 0 atom stereocenters. The number of benzene rings is 2. The third-order valence-electron chi connectivity index (χ3n) is 3.45. The minimum Gasteiger partial charge on any atom is -0.396 e. The second-order valence-electron chi connectivity index (χ2n) is 4.96. The highest BCUT2D eigenvalue weighted by Crippen LogP contribution is 2.34. The summed E-state index contributed by atoms with van der Waals surface area (Å²) >= 11 is 6.14. The number of pyridine rings is 1. The smallest absolute Gasteiger partial charge is 0.153 e. The zero-order valence-corrected chi connectivity index (χ0v) is 12.9. The number of hydrogen-bond donors (Lipinski definition) is 2. The number of nitrogens with one attached hydrogen (secondary N) is 1. The van der Waals surface area contributed by atoms with E-state index in [1.165, 1.54) is 0 Å². The van der Waals surface area contributed by atoms with Gasteiger partial charge in [-0.1, -0.05) is 35.9 Å². The molecule has 2 aromatic carbocycles. The van der Waals surface area contributed by atoms with E-state index in [1.54, 1.807) is 30.5 Å². The summed E-state index contributed by atoms with van der Waals surface area (Å²) in [5, 5.41) is 3.79. The van der Waals surface area contributed by atoms with Crippen LogP contribution in [0.3, 0.4) is 0 Å². The molecule has 3 rings (SSSR count). The molecule has 0 unspecified atom stereocenters. The summed E-state index contributed by atoms with van der Waals surface area (Å²) in [7, 11) is 0. The van der Waals surface area contributed by atoms with Crippen LogP contribution in [0.15, 0.2) is 60.8 Å². The minimum absolute atomic E-state index is 0.539. The molecule has 4 nitrogen and oxygen atoms in total. The van der Waals surface area contributed by atoms with E-state index in [0.717, 1.165) is 23.1 Å². The number of aldehydes is 1. The van der Waals surface area contributed by atoms with Gasteiger partial charge in [0.1, 0.15) is 0 Å². The van der Waals surface area contributed by atoms with Crippen LogP contribution >= 0.6 is 11.6 Å². The zero-order valence-electron chi connectivity index (χ0n) is 12.2. The lowest BCUT2D eigenvalue weighted by molar-refractivity contribution is 0.112. The summed E-state index contributed by atoms with van der Waals surface area (Å²) < 4.78 is 0. The van der Waals surface area contributed by atoms with Crippen LogP contribution in [0.5, 0.6) is 0 Å². The Morgan fingerprint density at radius 1 is 1.04 bits per heavy atom. The van der Waals surface area contributed by atoms with Gasteiger partial charge in [0.2, 0.25) is 0 Å². The summed E-state index contributed by atoms with van der Waals surface area (Å²) in [5.41, 5.74) is 9.44. The van der Waals surface area contributed by atoms with Gasteiger partial charge in [-0.05, 0) is 35.9 Å². The van der Waals surface area contributed by atoms with Crippen molar-refractivity contribution < 1.29 is 4.79 Å². The lowest BCUT2D eigenvalue weighted by Crippen LogP contribution is -2.00. The minimum atomic E-state index is 0.539. The van der Waals surface area contributed by atoms with Crippen molar-refractivity contribution in [3.63, 3.8) is 0 Å². The van der Waals surface area contributed by atoms with Gasteiger partial charge in [-0.3, -0.25) is 4.79 Å². The summed E-state index contributed by atoms with van der Waals surface area (Å²) in [4.78, 5) is 15.6. The van der Waals surface area contributed by atoms with Crippen LogP contribution in [0.4, 0.5) is 17.2 Å². The van der Waals surface area contributed by atoms with Gasteiger partial charge in [-0.15, -0.1) is 0 Å². The summed E-state index contributed by atoms with van der Waals surface area (Å²) in [6, 6.07) is 16.3. The predicted octanol–water partition coefficient (Wildman–Crippen LogP) is 4.54. The fourth-order valence-corrected chi connectivity index (χ4v) is 2.52. The Balaban J connectivity index is 2.12. The van der Waals surface area contributed by atoms with Crippen LogP contribution in [0, 0.1) is 0 Å². The quantitative estimate of drug-likeness (QED) is 0.692. The molecule has 0 radical (unpaired) electrons. The van der Waals surface area contributed by atoms with E-state index in [2.05, 4.69) is 10.3 Å². The predicted molar refractivity (Wildman–Crippen MR) is 94.2 cm³/mol. The SMILES string of the molecule is Nc1cccnc1Nc1ccc(Cl)cc1-c1ccccc1C=O. The van der Waals surface area contributed by atoms with Crippen LogP contribution in [0.25, 0.3) is 11.1 Å². The third-order valence-corrected chi connectivity index (χ3v) is 3.69. The first kappa shape index (κ1) is 15.1. The Morgan fingerprint density at radius 2 is 1.87 bits per heavy atom. The molecule has 0 bridgehead atoms. The summed E-state index contributed by atoms with van der Waals surface area (Å²) in [6.45, 7) is 0. The zero-order chi connectivity index (χ0) is 16.2. The van der Waals surface area contributed by atoms with Gasteiger partial charge in [0, 0.05) is 28.0 Å². The number of nitrogen functional groups attached to an aromatic ring is 1. The van der Waals surface area contributed by atoms with Crippen molar-refractivity contribution in [1.29, 1.82) is 0 Å². The molecule has 0 saturated carbocycles. The fourth-order valence-electron chi connectivity index (χ4n) is 2.34. The number of nitrogens with zero attached hydrogens (tertiary/aromatic N) is 1. The number of halogens is 1. The number of anilines is 3. The molecule has 114 valence electrons. The van der Waals surface area contributed by atoms with E-state index in [0.29, 0.717) is 22.1 Å². The first-order chi connectivity index (χ1) is 11.2. The van der Waals surface area contributed by atoms with Crippen molar-refractivity contribution in [3.05, 3.63) is 71.4 Å². The van der Waals surface area contributed by atoms with Gasteiger partial charge in [-0.2, -0.15) is 0 Å². The highest BCUT2D eigenvalue weighted by atomic mass is 35.5. The van der Waals surface area contributed by atoms with Crippen LogP contribution in [0.1, 0.15) is 10.4 Å². The Labute approximate surface area is 138 Å². The molecule has 0 amide bonds. The second-order valence-corrected chi connectivity index (χ2v) is 5.40. The van der Waals surface area contributed by atoms with Crippen molar-refractivity contribution >= 4 is 35.1 Å². The molecule has 0 aliphatic rings.